The number of rotatable bonds is 5. The Hall–Kier alpha value is -2.58. The molecule has 7 nitrogen and oxygen atoms in total. The van der Waals surface area contributed by atoms with Gasteiger partial charge in [-0.3, -0.25) is 4.40 Å². The topological polar surface area (TPSA) is 76.4 Å². The van der Waals surface area contributed by atoms with Crippen LogP contribution >= 0.6 is 0 Å². The molecule has 158 valence electrons. The summed E-state index contributed by atoms with van der Waals surface area (Å²) in [5.74, 6) is 0.0219. The molecule has 1 saturated heterocycles. The second-order valence-electron chi connectivity index (χ2n) is 8.21. The van der Waals surface area contributed by atoms with Crippen molar-refractivity contribution >= 4 is 11.6 Å². The fourth-order valence-electron chi connectivity index (χ4n) is 4.51. The van der Waals surface area contributed by atoms with Crippen molar-refractivity contribution in [3.63, 3.8) is 0 Å². The summed E-state index contributed by atoms with van der Waals surface area (Å²) in [7, 11) is 0. The molecule has 1 aliphatic heterocycles. The number of nitrogens with one attached hydrogen (secondary N) is 2. The Balaban J connectivity index is 1.23. The van der Waals surface area contributed by atoms with Crippen LogP contribution in [0.3, 0.4) is 0 Å². The van der Waals surface area contributed by atoms with Crippen LogP contribution in [0.25, 0.3) is 17.0 Å². The van der Waals surface area contributed by atoms with Gasteiger partial charge in [-0.25, -0.2) is 19.3 Å². The molecule has 0 atom stereocenters. The maximum absolute atomic E-state index is 14.5. The number of ether oxygens (including phenoxy) is 1. The molecule has 1 aliphatic carbocycles. The molecule has 2 fully saturated rings. The lowest BCUT2D eigenvalue weighted by Gasteiger charge is -2.33. The highest BCUT2D eigenvalue weighted by molar-refractivity contribution is 5.61. The van der Waals surface area contributed by atoms with E-state index in [-0.39, 0.29) is 5.69 Å². The number of hydrogen-bond donors (Lipinski definition) is 2. The Morgan fingerprint density at radius 3 is 2.53 bits per heavy atom. The van der Waals surface area contributed by atoms with E-state index >= 15 is 0 Å². The van der Waals surface area contributed by atoms with E-state index in [2.05, 4.69) is 25.6 Å². The zero-order valence-electron chi connectivity index (χ0n) is 16.9. The number of nitrogens with zero attached hydrogens (tertiary/aromatic N) is 4. The molecule has 0 spiro atoms. The molecule has 0 unspecified atom stereocenters. The first kappa shape index (κ1) is 19.4. The predicted octanol–water partition coefficient (Wildman–Crippen LogP) is 3.42. The molecule has 30 heavy (non-hydrogen) atoms. The molecule has 3 aromatic rings. The third kappa shape index (κ3) is 4.15. The van der Waals surface area contributed by atoms with E-state index in [0.29, 0.717) is 29.8 Å². The van der Waals surface area contributed by atoms with Gasteiger partial charge in [-0.05, 0) is 50.7 Å². The van der Waals surface area contributed by atoms with Crippen molar-refractivity contribution in [2.75, 3.05) is 18.5 Å². The van der Waals surface area contributed by atoms with Gasteiger partial charge in [0.1, 0.15) is 11.3 Å². The van der Waals surface area contributed by atoms with E-state index in [1.807, 2.05) is 28.8 Å². The highest BCUT2D eigenvalue weighted by Gasteiger charge is 2.25. The number of imidazole rings is 1. The summed E-state index contributed by atoms with van der Waals surface area (Å²) >= 11 is 0. The van der Waals surface area contributed by atoms with Gasteiger partial charge >= 0.3 is 0 Å². The second-order valence-corrected chi connectivity index (χ2v) is 8.21. The summed E-state index contributed by atoms with van der Waals surface area (Å²) in [5.41, 5.74) is 1.65. The molecular weight excluding hydrogens is 383 g/mol. The van der Waals surface area contributed by atoms with Crippen LogP contribution in [-0.4, -0.2) is 50.7 Å². The second kappa shape index (κ2) is 8.65. The average Bonchev–Trinajstić information content (AvgIpc) is 3.21. The summed E-state index contributed by atoms with van der Waals surface area (Å²) in [4.78, 5) is 13.0. The zero-order valence-corrected chi connectivity index (χ0v) is 16.9. The quantitative estimate of drug-likeness (QED) is 0.671. The fourth-order valence-corrected chi connectivity index (χ4v) is 4.51. The molecule has 0 amide bonds. The molecule has 3 aromatic heterocycles. The van der Waals surface area contributed by atoms with Gasteiger partial charge in [0.05, 0.1) is 18.1 Å². The van der Waals surface area contributed by atoms with Gasteiger partial charge in [0.25, 0.3) is 0 Å². The lowest BCUT2D eigenvalue weighted by atomic mass is 9.90. The Morgan fingerprint density at radius 2 is 1.70 bits per heavy atom. The van der Waals surface area contributed by atoms with Crippen molar-refractivity contribution < 1.29 is 9.13 Å². The minimum atomic E-state index is -0.449. The monoisotopic (exact) mass is 410 g/mol. The molecule has 8 heteroatoms. The van der Waals surface area contributed by atoms with Crippen LogP contribution < -0.4 is 10.6 Å². The molecular formula is C22H27FN6O. The average molecular weight is 410 g/mol. The molecule has 0 aromatic carbocycles. The summed E-state index contributed by atoms with van der Waals surface area (Å²) in [6.07, 6.45) is 11.3. The molecule has 0 radical (unpaired) electrons. The SMILES string of the molecule is Fc1cnc(NC2CCC(NC3CCOCC3)CC2)nc1-c1cnc2ccccn12. The molecule has 2 N–H and O–H groups in total. The highest BCUT2D eigenvalue weighted by Crippen LogP contribution is 2.25. The number of aromatic nitrogens is 4. The Labute approximate surface area is 175 Å². The first-order chi connectivity index (χ1) is 14.8. The van der Waals surface area contributed by atoms with Crippen molar-refractivity contribution in [3.8, 4) is 11.4 Å². The van der Waals surface area contributed by atoms with E-state index in [0.717, 1.165) is 57.4 Å². The van der Waals surface area contributed by atoms with Crippen molar-refractivity contribution in [1.82, 2.24) is 24.7 Å². The lowest BCUT2D eigenvalue weighted by molar-refractivity contribution is 0.0730. The summed E-state index contributed by atoms with van der Waals surface area (Å²) in [5, 5.41) is 7.21. The first-order valence-electron chi connectivity index (χ1n) is 10.8. The van der Waals surface area contributed by atoms with Crippen molar-refractivity contribution in [2.45, 2.75) is 56.7 Å². The van der Waals surface area contributed by atoms with Crippen LogP contribution in [0.15, 0.2) is 36.8 Å². The number of fused-ring (bicyclic) bond motifs is 1. The standard InChI is InChI=1S/C22H27FN6O/c23-18-13-25-22(28-21(18)19-14-24-20-3-1-2-10-29(19)20)27-16-6-4-15(5-7-16)26-17-8-11-30-12-9-17/h1-3,10,13-17,26H,4-9,11-12H2,(H,25,27,28). The van der Waals surface area contributed by atoms with Gasteiger partial charge in [0, 0.05) is 37.5 Å². The minimum Gasteiger partial charge on any atom is -0.381 e. The van der Waals surface area contributed by atoms with Gasteiger partial charge in [-0.2, -0.15) is 0 Å². The van der Waals surface area contributed by atoms with E-state index in [1.165, 1.54) is 6.20 Å². The van der Waals surface area contributed by atoms with Gasteiger partial charge < -0.3 is 15.4 Å². The molecule has 4 heterocycles. The van der Waals surface area contributed by atoms with Crippen molar-refractivity contribution in [2.24, 2.45) is 0 Å². The summed E-state index contributed by atoms with van der Waals surface area (Å²) in [6, 6.07) is 7.13. The normalized spacial score (nSPS) is 23.0. The maximum Gasteiger partial charge on any atom is 0.223 e. The van der Waals surface area contributed by atoms with Gasteiger partial charge in [-0.15, -0.1) is 0 Å². The molecule has 0 bridgehead atoms. The first-order valence-corrected chi connectivity index (χ1v) is 10.8. The Bertz CT molecular complexity index is 994. The lowest BCUT2D eigenvalue weighted by Crippen LogP contribution is -2.44. The van der Waals surface area contributed by atoms with Crippen LogP contribution in [0.5, 0.6) is 0 Å². The maximum atomic E-state index is 14.5. The third-order valence-electron chi connectivity index (χ3n) is 6.16. The van der Waals surface area contributed by atoms with Gasteiger partial charge in [0.15, 0.2) is 5.82 Å². The zero-order chi connectivity index (χ0) is 20.3. The number of halogens is 1. The minimum absolute atomic E-state index is 0.265. The van der Waals surface area contributed by atoms with E-state index in [1.54, 1.807) is 6.20 Å². The van der Waals surface area contributed by atoms with E-state index in [9.17, 15) is 4.39 Å². The van der Waals surface area contributed by atoms with Crippen molar-refractivity contribution in [3.05, 3.63) is 42.6 Å². The third-order valence-corrected chi connectivity index (χ3v) is 6.16. The number of hydrogen-bond acceptors (Lipinski definition) is 6. The fraction of sp³-hybridized carbons (Fsp3) is 0.500. The number of anilines is 1. The van der Waals surface area contributed by atoms with E-state index < -0.39 is 5.82 Å². The van der Waals surface area contributed by atoms with Crippen LogP contribution in [0, 0.1) is 5.82 Å². The van der Waals surface area contributed by atoms with Crippen LogP contribution in [0.4, 0.5) is 10.3 Å². The largest absolute Gasteiger partial charge is 0.381 e. The molecule has 2 aliphatic rings. The molecule has 5 rings (SSSR count). The van der Waals surface area contributed by atoms with Gasteiger partial charge in [0.2, 0.25) is 5.95 Å². The summed E-state index contributed by atoms with van der Waals surface area (Å²) < 4.78 is 21.8. The van der Waals surface area contributed by atoms with Crippen LogP contribution in [0.1, 0.15) is 38.5 Å². The Kier molecular flexibility index (Phi) is 5.59. The summed E-state index contributed by atoms with van der Waals surface area (Å²) in [6.45, 7) is 1.73. The van der Waals surface area contributed by atoms with Gasteiger partial charge in [-0.1, -0.05) is 6.07 Å². The number of pyridine rings is 1. The Morgan fingerprint density at radius 1 is 0.933 bits per heavy atom. The van der Waals surface area contributed by atoms with Crippen LogP contribution in [-0.2, 0) is 4.74 Å². The molecule has 1 saturated carbocycles. The van der Waals surface area contributed by atoms with Crippen LogP contribution in [0.2, 0.25) is 0 Å². The van der Waals surface area contributed by atoms with Crippen molar-refractivity contribution in [1.29, 1.82) is 0 Å². The predicted molar refractivity (Wildman–Crippen MR) is 113 cm³/mol. The smallest absolute Gasteiger partial charge is 0.223 e. The highest BCUT2D eigenvalue weighted by atomic mass is 19.1. The van der Waals surface area contributed by atoms with E-state index in [4.69, 9.17) is 4.74 Å².